The average molecular weight is 331 g/mol. The number of rotatable bonds is 3. The standard InChI is InChI=1S/C17H19ClN4O/c1-12-7-10-22(11-8-12)16(23)15-6-9-19-17(21-15)20-14-4-2-13(18)3-5-14/h2-6,9,12H,7-8,10-11H2,1H3,(H,19,20,21). The van der Waals surface area contributed by atoms with Crippen LogP contribution in [0.5, 0.6) is 0 Å². The number of piperidine rings is 1. The van der Waals surface area contributed by atoms with E-state index in [4.69, 9.17) is 11.6 Å². The third kappa shape index (κ3) is 3.99. The number of hydrogen-bond acceptors (Lipinski definition) is 4. The lowest BCUT2D eigenvalue weighted by atomic mass is 9.99. The third-order valence-corrected chi connectivity index (χ3v) is 4.30. The van der Waals surface area contributed by atoms with E-state index in [1.807, 2.05) is 17.0 Å². The van der Waals surface area contributed by atoms with E-state index in [0.29, 0.717) is 22.6 Å². The largest absolute Gasteiger partial charge is 0.337 e. The Kier molecular flexibility index (Phi) is 4.76. The highest BCUT2D eigenvalue weighted by molar-refractivity contribution is 6.30. The lowest BCUT2D eigenvalue weighted by molar-refractivity contribution is 0.0691. The molecule has 0 radical (unpaired) electrons. The number of nitrogens with zero attached hydrogens (tertiary/aromatic N) is 3. The molecule has 1 aromatic heterocycles. The minimum Gasteiger partial charge on any atom is -0.337 e. The van der Waals surface area contributed by atoms with Gasteiger partial charge >= 0.3 is 0 Å². The monoisotopic (exact) mass is 330 g/mol. The van der Waals surface area contributed by atoms with E-state index in [-0.39, 0.29) is 5.91 Å². The van der Waals surface area contributed by atoms with Crippen LogP contribution >= 0.6 is 11.6 Å². The number of carbonyl (C=O) groups is 1. The first kappa shape index (κ1) is 15.7. The maximum absolute atomic E-state index is 12.5. The fraction of sp³-hybridized carbons (Fsp3) is 0.353. The Labute approximate surface area is 140 Å². The molecule has 0 unspecified atom stereocenters. The van der Waals surface area contributed by atoms with E-state index < -0.39 is 0 Å². The molecule has 23 heavy (non-hydrogen) atoms. The second-order valence-corrected chi connectivity index (χ2v) is 6.31. The predicted molar refractivity (Wildman–Crippen MR) is 91.1 cm³/mol. The van der Waals surface area contributed by atoms with Crippen molar-refractivity contribution in [2.24, 2.45) is 5.92 Å². The van der Waals surface area contributed by atoms with Crippen molar-refractivity contribution in [2.75, 3.05) is 18.4 Å². The maximum atomic E-state index is 12.5. The molecule has 1 aliphatic rings. The molecule has 0 aliphatic carbocycles. The van der Waals surface area contributed by atoms with Crippen molar-refractivity contribution in [2.45, 2.75) is 19.8 Å². The summed E-state index contributed by atoms with van der Waals surface area (Å²) in [6, 6.07) is 8.91. The first-order valence-electron chi connectivity index (χ1n) is 7.77. The number of likely N-dealkylation sites (tertiary alicyclic amines) is 1. The molecule has 120 valence electrons. The highest BCUT2D eigenvalue weighted by Crippen LogP contribution is 2.19. The molecule has 2 aromatic rings. The van der Waals surface area contributed by atoms with Gasteiger partial charge in [0, 0.05) is 30.0 Å². The number of aromatic nitrogens is 2. The maximum Gasteiger partial charge on any atom is 0.272 e. The Morgan fingerprint density at radius 3 is 2.61 bits per heavy atom. The first-order valence-corrected chi connectivity index (χ1v) is 8.14. The van der Waals surface area contributed by atoms with E-state index in [9.17, 15) is 4.79 Å². The first-order chi connectivity index (χ1) is 11.1. The quantitative estimate of drug-likeness (QED) is 0.931. The van der Waals surface area contributed by atoms with Crippen molar-refractivity contribution in [1.29, 1.82) is 0 Å². The predicted octanol–water partition coefficient (Wildman–Crippen LogP) is 3.75. The van der Waals surface area contributed by atoms with Crippen LogP contribution in [0.4, 0.5) is 11.6 Å². The smallest absolute Gasteiger partial charge is 0.272 e. The minimum absolute atomic E-state index is 0.0292. The summed E-state index contributed by atoms with van der Waals surface area (Å²) in [5, 5.41) is 3.75. The summed E-state index contributed by atoms with van der Waals surface area (Å²) in [5.74, 6) is 1.06. The zero-order chi connectivity index (χ0) is 16.2. The summed E-state index contributed by atoms with van der Waals surface area (Å²) in [4.78, 5) is 22.9. The van der Waals surface area contributed by atoms with Crippen LogP contribution in [0.15, 0.2) is 36.5 Å². The van der Waals surface area contributed by atoms with Gasteiger partial charge in [-0.15, -0.1) is 0 Å². The molecule has 1 aliphatic heterocycles. The van der Waals surface area contributed by atoms with Crippen molar-refractivity contribution < 1.29 is 4.79 Å². The van der Waals surface area contributed by atoms with Crippen LogP contribution in [-0.4, -0.2) is 33.9 Å². The second-order valence-electron chi connectivity index (χ2n) is 5.87. The van der Waals surface area contributed by atoms with Crippen molar-refractivity contribution >= 4 is 29.1 Å². The molecule has 0 spiro atoms. The van der Waals surface area contributed by atoms with Gasteiger partial charge < -0.3 is 10.2 Å². The summed E-state index contributed by atoms with van der Waals surface area (Å²) in [6.07, 6.45) is 3.70. The van der Waals surface area contributed by atoms with Gasteiger partial charge in [-0.05, 0) is 49.1 Å². The normalized spacial score (nSPS) is 15.5. The number of halogens is 1. The Morgan fingerprint density at radius 2 is 1.91 bits per heavy atom. The van der Waals surface area contributed by atoms with E-state index in [1.54, 1.807) is 24.4 Å². The molecular formula is C17H19ClN4O. The fourth-order valence-corrected chi connectivity index (χ4v) is 2.70. The minimum atomic E-state index is -0.0292. The third-order valence-electron chi connectivity index (χ3n) is 4.05. The summed E-state index contributed by atoms with van der Waals surface area (Å²) >= 11 is 5.87. The molecule has 1 fully saturated rings. The molecule has 1 saturated heterocycles. The summed E-state index contributed by atoms with van der Waals surface area (Å²) in [5.41, 5.74) is 1.25. The Bertz CT molecular complexity index is 681. The van der Waals surface area contributed by atoms with E-state index in [2.05, 4.69) is 22.2 Å². The number of carbonyl (C=O) groups excluding carboxylic acids is 1. The summed E-state index contributed by atoms with van der Waals surface area (Å²) < 4.78 is 0. The van der Waals surface area contributed by atoms with Crippen LogP contribution in [0.25, 0.3) is 0 Å². The lowest BCUT2D eigenvalue weighted by Gasteiger charge is -2.30. The Hall–Kier alpha value is -2.14. The van der Waals surface area contributed by atoms with Gasteiger partial charge in [0.2, 0.25) is 5.95 Å². The van der Waals surface area contributed by atoms with Gasteiger partial charge in [-0.1, -0.05) is 18.5 Å². The topological polar surface area (TPSA) is 58.1 Å². The van der Waals surface area contributed by atoms with Crippen LogP contribution in [0, 0.1) is 5.92 Å². The van der Waals surface area contributed by atoms with Crippen LogP contribution in [-0.2, 0) is 0 Å². The van der Waals surface area contributed by atoms with Crippen molar-refractivity contribution in [3.63, 3.8) is 0 Å². The van der Waals surface area contributed by atoms with Gasteiger partial charge in [0.1, 0.15) is 5.69 Å². The number of amides is 1. The van der Waals surface area contributed by atoms with E-state index >= 15 is 0 Å². The van der Waals surface area contributed by atoms with Gasteiger partial charge in [-0.2, -0.15) is 0 Å². The van der Waals surface area contributed by atoms with Crippen LogP contribution in [0.2, 0.25) is 5.02 Å². The average Bonchev–Trinajstić information content (AvgIpc) is 2.57. The van der Waals surface area contributed by atoms with E-state index in [0.717, 1.165) is 31.6 Å². The Morgan fingerprint density at radius 1 is 1.22 bits per heavy atom. The highest BCUT2D eigenvalue weighted by Gasteiger charge is 2.22. The zero-order valence-corrected chi connectivity index (χ0v) is 13.8. The van der Waals surface area contributed by atoms with Gasteiger partial charge in [0.15, 0.2) is 0 Å². The molecule has 0 atom stereocenters. The fourth-order valence-electron chi connectivity index (χ4n) is 2.57. The van der Waals surface area contributed by atoms with Crippen LogP contribution in [0.3, 0.4) is 0 Å². The highest BCUT2D eigenvalue weighted by atomic mass is 35.5. The zero-order valence-electron chi connectivity index (χ0n) is 13.0. The molecule has 0 bridgehead atoms. The molecule has 1 amide bonds. The molecule has 5 nitrogen and oxygen atoms in total. The van der Waals surface area contributed by atoms with Crippen LogP contribution < -0.4 is 5.32 Å². The number of benzene rings is 1. The molecular weight excluding hydrogens is 312 g/mol. The molecule has 2 heterocycles. The van der Waals surface area contributed by atoms with Gasteiger partial charge in [-0.25, -0.2) is 9.97 Å². The number of nitrogens with one attached hydrogen (secondary N) is 1. The SMILES string of the molecule is CC1CCN(C(=O)c2ccnc(Nc3ccc(Cl)cc3)n2)CC1. The Balaban J connectivity index is 1.71. The molecule has 1 N–H and O–H groups in total. The van der Waals surface area contributed by atoms with Crippen molar-refractivity contribution in [1.82, 2.24) is 14.9 Å². The van der Waals surface area contributed by atoms with Crippen molar-refractivity contribution in [3.05, 3.63) is 47.2 Å². The van der Waals surface area contributed by atoms with Crippen molar-refractivity contribution in [3.8, 4) is 0 Å². The molecule has 0 saturated carbocycles. The van der Waals surface area contributed by atoms with Gasteiger partial charge in [0.25, 0.3) is 5.91 Å². The summed E-state index contributed by atoms with van der Waals surface area (Å²) in [7, 11) is 0. The van der Waals surface area contributed by atoms with E-state index in [1.165, 1.54) is 0 Å². The lowest BCUT2D eigenvalue weighted by Crippen LogP contribution is -2.38. The van der Waals surface area contributed by atoms with Crippen LogP contribution in [0.1, 0.15) is 30.3 Å². The number of hydrogen-bond donors (Lipinski definition) is 1. The molecule has 3 rings (SSSR count). The molecule has 1 aromatic carbocycles. The number of anilines is 2. The molecule has 6 heteroatoms. The second kappa shape index (κ2) is 6.96. The van der Waals surface area contributed by atoms with Gasteiger partial charge in [-0.3, -0.25) is 4.79 Å². The summed E-state index contributed by atoms with van der Waals surface area (Å²) in [6.45, 7) is 3.81. The van der Waals surface area contributed by atoms with Gasteiger partial charge in [0.05, 0.1) is 0 Å².